The fourth-order valence-corrected chi connectivity index (χ4v) is 2.52. The molecule has 0 aromatic heterocycles. The number of ether oxygens (including phenoxy) is 3. The highest BCUT2D eigenvalue weighted by molar-refractivity contribution is 5.95. The van der Waals surface area contributed by atoms with E-state index in [2.05, 4.69) is 5.32 Å². The molecule has 1 saturated carbocycles. The molecule has 0 saturated heterocycles. The summed E-state index contributed by atoms with van der Waals surface area (Å²) in [7, 11) is 1.61. The number of para-hydroxylation sites is 2. The second-order valence-electron chi connectivity index (χ2n) is 5.94. The van der Waals surface area contributed by atoms with Crippen LogP contribution in [0.5, 0.6) is 17.2 Å². The molecule has 1 aliphatic carbocycles. The van der Waals surface area contributed by atoms with E-state index in [4.69, 9.17) is 14.2 Å². The summed E-state index contributed by atoms with van der Waals surface area (Å²) >= 11 is 0. The second kappa shape index (κ2) is 7.92. The zero-order valence-corrected chi connectivity index (χ0v) is 14.6. The Labute approximate surface area is 147 Å². The van der Waals surface area contributed by atoms with E-state index in [1.54, 1.807) is 13.2 Å². The first-order chi connectivity index (χ1) is 12.2. The minimum absolute atomic E-state index is 0.0518. The first-order valence-corrected chi connectivity index (χ1v) is 8.53. The number of carbonyl (C=O) groups excluding carboxylic acids is 1. The Morgan fingerprint density at radius 2 is 1.84 bits per heavy atom. The fourth-order valence-electron chi connectivity index (χ4n) is 2.52. The Morgan fingerprint density at radius 3 is 2.52 bits per heavy atom. The Morgan fingerprint density at radius 1 is 1.08 bits per heavy atom. The SMILES string of the molecule is CCOc1ccc(C(=O)NC2CC2)cc1COc1ccccc1OC. The molecule has 3 rings (SSSR count). The molecule has 0 bridgehead atoms. The summed E-state index contributed by atoms with van der Waals surface area (Å²) in [6, 6.07) is 13.2. The molecule has 1 aliphatic rings. The molecule has 0 unspecified atom stereocenters. The van der Waals surface area contributed by atoms with Crippen molar-refractivity contribution < 1.29 is 19.0 Å². The minimum Gasteiger partial charge on any atom is -0.493 e. The van der Waals surface area contributed by atoms with Crippen LogP contribution in [0, 0.1) is 0 Å². The largest absolute Gasteiger partial charge is 0.493 e. The van der Waals surface area contributed by atoms with Crippen molar-refractivity contribution >= 4 is 5.91 Å². The molecule has 0 aliphatic heterocycles. The zero-order chi connectivity index (χ0) is 17.6. The molecule has 2 aromatic carbocycles. The number of rotatable bonds is 8. The van der Waals surface area contributed by atoms with Gasteiger partial charge in [0.05, 0.1) is 13.7 Å². The summed E-state index contributed by atoms with van der Waals surface area (Å²) < 4.78 is 16.9. The van der Waals surface area contributed by atoms with Gasteiger partial charge < -0.3 is 19.5 Å². The minimum atomic E-state index is -0.0518. The molecule has 0 radical (unpaired) electrons. The van der Waals surface area contributed by atoms with Crippen LogP contribution in [0.2, 0.25) is 0 Å². The average Bonchev–Trinajstić information content (AvgIpc) is 3.45. The zero-order valence-electron chi connectivity index (χ0n) is 14.6. The molecule has 0 heterocycles. The monoisotopic (exact) mass is 341 g/mol. The van der Waals surface area contributed by atoms with Crippen LogP contribution in [-0.2, 0) is 6.61 Å². The molecule has 5 nitrogen and oxygen atoms in total. The molecule has 1 N–H and O–H groups in total. The normalized spacial score (nSPS) is 13.2. The van der Waals surface area contributed by atoms with Crippen molar-refractivity contribution in [3.05, 3.63) is 53.6 Å². The Hall–Kier alpha value is -2.69. The van der Waals surface area contributed by atoms with Gasteiger partial charge in [-0.1, -0.05) is 12.1 Å². The lowest BCUT2D eigenvalue weighted by atomic mass is 10.1. The van der Waals surface area contributed by atoms with E-state index in [1.807, 2.05) is 43.3 Å². The van der Waals surface area contributed by atoms with E-state index in [0.29, 0.717) is 36.3 Å². The lowest BCUT2D eigenvalue weighted by Crippen LogP contribution is -2.25. The average molecular weight is 341 g/mol. The van der Waals surface area contributed by atoms with Gasteiger partial charge in [0.15, 0.2) is 11.5 Å². The standard InChI is InChI=1S/C20H23NO4/c1-3-24-17-11-8-14(20(22)21-16-9-10-16)12-15(17)13-25-19-7-5-4-6-18(19)23-2/h4-8,11-12,16H,3,9-10,13H2,1-2H3,(H,21,22). The molecule has 25 heavy (non-hydrogen) atoms. The summed E-state index contributed by atoms with van der Waals surface area (Å²) in [5.74, 6) is 1.99. The van der Waals surface area contributed by atoms with Crippen molar-refractivity contribution in [3.63, 3.8) is 0 Å². The Kier molecular flexibility index (Phi) is 5.43. The molecule has 0 spiro atoms. The summed E-state index contributed by atoms with van der Waals surface area (Å²) in [5.41, 5.74) is 1.45. The molecule has 1 fully saturated rings. The van der Waals surface area contributed by atoms with Crippen LogP contribution in [-0.4, -0.2) is 25.7 Å². The van der Waals surface area contributed by atoms with Crippen molar-refractivity contribution in [1.29, 1.82) is 0 Å². The first kappa shape index (κ1) is 17.1. The smallest absolute Gasteiger partial charge is 0.251 e. The van der Waals surface area contributed by atoms with Crippen LogP contribution in [0.1, 0.15) is 35.7 Å². The van der Waals surface area contributed by atoms with Crippen LogP contribution in [0.3, 0.4) is 0 Å². The third-order valence-electron chi connectivity index (χ3n) is 3.99. The fraction of sp³-hybridized carbons (Fsp3) is 0.350. The maximum Gasteiger partial charge on any atom is 0.251 e. The first-order valence-electron chi connectivity index (χ1n) is 8.53. The van der Waals surface area contributed by atoms with Crippen molar-refractivity contribution in [3.8, 4) is 17.2 Å². The molecule has 5 heteroatoms. The van der Waals surface area contributed by atoms with Gasteiger partial charge >= 0.3 is 0 Å². The number of carbonyl (C=O) groups is 1. The van der Waals surface area contributed by atoms with Gasteiger partial charge in [0.2, 0.25) is 0 Å². The van der Waals surface area contributed by atoms with Gasteiger partial charge in [0.25, 0.3) is 5.91 Å². The second-order valence-corrected chi connectivity index (χ2v) is 5.94. The summed E-state index contributed by atoms with van der Waals surface area (Å²) in [6.07, 6.45) is 2.12. The predicted octanol–water partition coefficient (Wildman–Crippen LogP) is 3.57. The topological polar surface area (TPSA) is 56.8 Å². The Bertz CT molecular complexity index is 740. The van der Waals surface area contributed by atoms with Crippen LogP contribution in [0.25, 0.3) is 0 Å². The highest BCUT2D eigenvalue weighted by Gasteiger charge is 2.24. The van der Waals surface area contributed by atoms with Gasteiger partial charge in [-0.05, 0) is 50.1 Å². The van der Waals surface area contributed by atoms with Crippen LogP contribution < -0.4 is 19.5 Å². The highest BCUT2D eigenvalue weighted by Crippen LogP contribution is 2.29. The quantitative estimate of drug-likeness (QED) is 0.797. The van der Waals surface area contributed by atoms with E-state index < -0.39 is 0 Å². The number of nitrogens with one attached hydrogen (secondary N) is 1. The van der Waals surface area contributed by atoms with Gasteiger partial charge in [-0.25, -0.2) is 0 Å². The predicted molar refractivity (Wildman–Crippen MR) is 95.4 cm³/mol. The lowest BCUT2D eigenvalue weighted by Gasteiger charge is -2.14. The summed E-state index contributed by atoms with van der Waals surface area (Å²) in [4.78, 5) is 12.3. The maximum absolute atomic E-state index is 12.3. The number of methoxy groups -OCH3 is 1. The number of benzene rings is 2. The molecular formula is C20H23NO4. The van der Waals surface area contributed by atoms with E-state index >= 15 is 0 Å². The lowest BCUT2D eigenvalue weighted by molar-refractivity contribution is 0.0951. The number of hydrogen-bond donors (Lipinski definition) is 1. The Balaban J connectivity index is 1.77. The summed E-state index contributed by atoms with van der Waals surface area (Å²) in [6.45, 7) is 2.77. The number of amides is 1. The van der Waals surface area contributed by atoms with Gasteiger partial charge in [-0.2, -0.15) is 0 Å². The van der Waals surface area contributed by atoms with Crippen LogP contribution >= 0.6 is 0 Å². The number of hydrogen-bond acceptors (Lipinski definition) is 4. The van der Waals surface area contributed by atoms with Crippen molar-refractivity contribution in [1.82, 2.24) is 5.32 Å². The van der Waals surface area contributed by atoms with E-state index in [9.17, 15) is 4.79 Å². The van der Waals surface area contributed by atoms with Gasteiger partial charge in [-0.15, -0.1) is 0 Å². The van der Waals surface area contributed by atoms with Crippen LogP contribution in [0.15, 0.2) is 42.5 Å². The molecule has 132 valence electrons. The molecule has 1 amide bonds. The third kappa shape index (κ3) is 4.44. The van der Waals surface area contributed by atoms with Crippen molar-refractivity contribution in [2.45, 2.75) is 32.4 Å². The van der Waals surface area contributed by atoms with Gasteiger partial charge in [0.1, 0.15) is 12.4 Å². The summed E-state index contributed by atoms with van der Waals surface area (Å²) in [5, 5.41) is 3.00. The van der Waals surface area contributed by atoms with E-state index in [-0.39, 0.29) is 5.91 Å². The molecular weight excluding hydrogens is 318 g/mol. The van der Waals surface area contributed by atoms with Gasteiger partial charge in [-0.3, -0.25) is 4.79 Å². The van der Waals surface area contributed by atoms with E-state index in [1.165, 1.54) is 0 Å². The van der Waals surface area contributed by atoms with Crippen molar-refractivity contribution in [2.24, 2.45) is 0 Å². The third-order valence-corrected chi connectivity index (χ3v) is 3.99. The highest BCUT2D eigenvalue weighted by atomic mass is 16.5. The van der Waals surface area contributed by atoms with Crippen molar-refractivity contribution in [2.75, 3.05) is 13.7 Å². The molecule has 0 atom stereocenters. The van der Waals surface area contributed by atoms with Crippen LogP contribution in [0.4, 0.5) is 0 Å². The maximum atomic E-state index is 12.3. The molecule has 2 aromatic rings. The van der Waals surface area contributed by atoms with E-state index in [0.717, 1.165) is 24.2 Å². The van der Waals surface area contributed by atoms with Gasteiger partial charge in [0, 0.05) is 17.2 Å².